The van der Waals surface area contributed by atoms with Gasteiger partial charge in [-0.3, -0.25) is 4.40 Å². The van der Waals surface area contributed by atoms with Crippen molar-refractivity contribution in [1.82, 2.24) is 23.9 Å². The van der Waals surface area contributed by atoms with Gasteiger partial charge in [-0.25, -0.2) is 26.7 Å². The standard InChI is InChI=1S/C26H24F3N5O2S/c1-15-3-4-17(9-18-5-8-34-23(16(18)2)31-32-24(34)22(28)29)10-19(15)13-33-14-26(6-7-26)36-25-21(37(33)35)11-20(27)12-30-25/h3-5,8,10-12,22H,6-7,9,13-14H2,1-2H3. The van der Waals surface area contributed by atoms with Crippen LogP contribution in [0.1, 0.15) is 52.9 Å². The van der Waals surface area contributed by atoms with Crippen LogP contribution in [-0.4, -0.2) is 40.2 Å². The van der Waals surface area contributed by atoms with Crippen LogP contribution in [0.3, 0.4) is 0 Å². The third-order valence-electron chi connectivity index (χ3n) is 7.11. The van der Waals surface area contributed by atoms with Crippen LogP contribution in [0.5, 0.6) is 5.88 Å². The SMILES string of the molecule is Cc1ccc(Cc2ccn3c(C(F)F)nnc3c2C)cc1CN1CC2(CC2)Oc2ncc(F)cc2S1=O. The van der Waals surface area contributed by atoms with E-state index in [9.17, 15) is 17.4 Å². The van der Waals surface area contributed by atoms with Crippen LogP contribution < -0.4 is 4.74 Å². The van der Waals surface area contributed by atoms with E-state index in [2.05, 4.69) is 21.2 Å². The smallest absolute Gasteiger partial charge is 0.297 e. The molecule has 0 bridgehead atoms. The maximum atomic E-state index is 13.9. The molecule has 4 heterocycles. The van der Waals surface area contributed by atoms with E-state index in [4.69, 9.17) is 4.74 Å². The Kier molecular flexibility index (Phi) is 5.79. The molecule has 7 nitrogen and oxygen atoms in total. The fourth-order valence-corrected chi connectivity index (χ4v) is 6.12. The van der Waals surface area contributed by atoms with Crippen LogP contribution in [-0.2, 0) is 24.0 Å². The number of alkyl halides is 2. The number of hydrogen-bond acceptors (Lipinski definition) is 5. The normalized spacial score (nSPS) is 18.7. The Morgan fingerprint density at radius 1 is 1.14 bits per heavy atom. The number of pyridine rings is 2. The number of hydrogen-bond donors (Lipinski definition) is 0. The van der Waals surface area contributed by atoms with Gasteiger partial charge in [0.05, 0.1) is 12.7 Å². The molecular formula is C26H24F3N5O2S. The Hall–Kier alpha value is -3.31. The number of nitrogens with zero attached hydrogens (tertiary/aromatic N) is 5. The van der Waals surface area contributed by atoms with Crippen LogP contribution in [0.4, 0.5) is 13.2 Å². The molecule has 1 aromatic carbocycles. The van der Waals surface area contributed by atoms with Crippen LogP contribution in [0.15, 0.2) is 47.6 Å². The van der Waals surface area contributed by atoms with Gasteiger partial charge >= 0.3 is 0 Å². The van der Waals surface area contributed by atoms with Crippen molar-refractivity contribution in [2.75, 3.05) is 6.54 Å². The van der Waals surface area contributed by atoms with Crippen LogP contribution in [0.25, 0.3) is 5.65 Å². The van der Waals surface area contributed by atoms with Crippen molar-refractivity contribution < 1.29 is 22.1 Å². The van der Waals surface area contributed by atoms with E-state index < -0.39 is 28.8 Å². The lowest BCUT2D eigenvalue weighted by molar-refractivity contribution is 0.139. The highest BCUT2D eigenvalue weighted by Gasteiger charge is 2.50. The second-order valence-electron chi connectivity index (χ2n) is 9.75. The lowest BCUT2D eigenvalue weighted by atomic mass is 9.98. The van der Waals surface area contributed by atoms with Crippen molar-refractivity contribution in [3.63, 3.8) is 0 Å². The average molecular weight is 528 g/mol. The molecule has 0 N–H and O–H groups in total. The van der Waals surface area contributed by atoms with Crippen LogP contribution in [0, 0.1) is 19.7 Å². The zero-order valence-electron chi connectivity index (χ0n) is 20.2. The molecule has 6 rings (SSSR count). The monoisotopic (exact) mass is 527 g/mol. The van der Waals surface area contributed by atoms with Crippen molar-refractivity contribution in [1.29, 1.82) is 0 Å². The second-order valence-corrected chi connectivity index (χ2v) is 11.2. The van der Waals surface area contributed by atoms with E-state index in [1.807, 2.05) is 36.4 Å². The molecule has 0 radical (unpaired) electrons. The summed E-state index contributed by atoms with van der Waals surface area (Å²) in [4.78, 5) is 4.30. The first kappa shape index (κ1) is 24.1. The minimum Gasteiger partial charge on any atom is -0.469 e. The van der Waals surface area contributed by atoms with Gasteiger partial charge in [0.15, 0.2) is 5.65 Å². The van der Waals surface area contributed by atoms with Crippen molar-refractivity contribution in [3.8, 4) is 5.88 Å². The Bertz CT molecular complexity index is 1550. The second kappa shape index (κ2) is 8.91. The van der Waals surface area contributed by atoms with Gasteiger partial charge in [0.2, 0.25) is 11.7 Å². The Balaban J connectivity index is 1.29. The Morgan fingerprint density at radius 2 is 1.95 bits per heavy atom. The van der Waals surface area contributed by atoms with Gasteiger partial charge in [-0.15, -0.1) is 10.2 Å². The molecule has 1 aliphatic heterocycles. The number of ether oxygens (including phenoxy) is 1. The van der Waals surface area contributed by atoms with Gasteiger partial charge in [-0.2, -0.15) is 0 Å². The minimum absolute atomic E-state index is 0.236. The molecular weight excluding hydrogens is 503 g/mol. The van der Waals surface area contributed by atoms with Gasteiger partial charge in [-0.05, 0) is 73.1 Å². The molecule has 1 aliphatic carbocycles. The summed E-state index contributed by atoms with van der Waals surface area (Å²) >= 11 is 0. The van der Waals surface area contributed by atoms with Crippen LogP contribution in [0.2, 0.25) is 0 Å². The third-order valence-corrected chi connectivity index (χ3v) is 8.50. The van der Waals surface area contributed by atoms with Crippen molar-refractivity contribution in [2.24, 2.45) is 0 Å². The molecule has 37 heavy (non-hydrogen) atoms. The fourth-order valence-electron chi connectivity index (χ4n) is 4.78. The summed E-state index contributed by atoms with van der Waals surface area (Å²) in [5, 5.41) is 7.60. The molecule has 1 unspecified atom stereocenters. The molecule has 1 atom stereocenters. The predicted octanol–water partition coefficient (Wildman–Crippen LogP) is 4.86. The lowest BCUT2D eigenvalue weighted by Crippen LogP contribution is -2.35. The zero-order chi connectivity index (χ0) is 25.9. The summed E-state index contributed by atoms with van der Waals surface area (Å²) in [5.41, 5.74) is 4.77. The van der Waals surface area contributed by atoms with Gasteiger partial charge in [0.1, 0.15) is 27.3 Å². The van der Waals surface area contributed by atoms with Gasteiger partial charge < -0.3 is 4.74 Å². The van der Waals surface area contributed by atoms with Crippen LogP contribution >= 0.6 is 0 Å². The molecule has 3 aromatic heterocycles. The highest BCUT2D eigenvalue weighted by molar-refractivity contribution is 7.82. The molecule has 11 heteroatoms. The first-order chi connectivity index (χ1) is 17.7. The highest BCUT2D eigenvalue weighted by Crippen LogP contribution is 2.45. The van der Waals surface area contributed by atoms with E-state index in [0.717, 1.165) is 46.9 Å². The van der Waals surface area contributed by atoms with E-state index in [-0.39, 0.29) is 16.6 Å². The van der Waals surface area contributed by atoms with Gasteiger partial charge in [0.25, 0.3) is 6.43 Å². The third kappa shape index (κ3) is 4.40. The number of halogens is 3. The van der Waals surface area contributed by atoms with Gasteiger partial charge in [0, 0.05) is 12.7 Å². The number of aryl methyl sites for hydroxylation is 2. The Labute approximate surface area is 213 Å². The van der Waals surface area contributed by atoms with Gasteiger partial charge in [-0.1, -0.05) is 18.2 Å². The number of benzene rings is 1. The summed E-state index contributed by atoms with van der Waals surface area (Å²) in [6.07, 6.45) is 2.19. The maximum Gasteiger partial charge on any atom is 0.297 e. The Morgan fingerprint density at radius 3 is 2.70 bits per heavy atom. The fraction of sp³-hybridized carbons (Fsp3) is 0.346. The van der Waals surface area contributed by atoms with E-state index in [1.54, 1.807) is 6.20 Å². The molecule has 4 aromatic rings. The number of rotatable bonds is 5. The quantitative estimate of drug-likeness (QED) is 0.371. The van der Waals surface area contributed by atoms with E-state index in [1.165, 1.54) is 10.5 Å². The highest BCUT2D eigenvalue weighted by atomic mass is 32.2. The number of aromatic nitrogens is 4. The van der Waals surface area contributed by atoms with Crippen molar-refractivity contribution in [2.45, 2.75) is 56.6 Å². The van der Waals surface area contributed by atoms with E-state index in [0.29, 0.717) is 25.2 Å². The van der Waals surface area contributed by atoms with Crippen molar-refractivity contribution >= 4 is 16.6 Å². The molecule has 1 fully saturated rings. The lowest BCUT2D eigenvalue weighted by Gasteiger charge is -2.23. The summed E-state index contributed by atoms with van der Waals surface area (Å²) in [6.45, 7) is 4.70. The topological polar surface area (TPSA) is 72.6 Å². The van der Waals surface area contributed by atoms with Crippen molar-refractivity contribution in [3.05, 3.63) is 82.2 Å². The molecule has 192 valence electrons. The molecule has 1 saturated carbocycles. The first-order valence-electron chi connectivity index (χ1n) is 11.9. The number of fused-ring (bicyclic) bond motifs is 2. The zero-order valence-corrected chi connectivity index (χ0v) is 21.1. The summed E-state index contributed by atoms with van der Waals surface area (Å²) in [5.74, 6) is -0.692. The molecule has 0 amide bonds. The molecule has 0 saturated heterocycles. The minimum atomic E-state index is -2.70. The largest absolute Gasteiger partial charge is 0.469 e. The molecule has 2 aliphatic rings. The first-order valence-corrected chi connectivity index (χ1v) is 13.0. The summed E-state index contributed by atoms with van der Waals surface area (Å²) < 4.78 is 63.1. The summed E-state index contributed by atoms with van der Waals surface area (Å²) in [7, 11) is -1.63. The molecule has 1 spiro atoms. The average Bonchev–Trinajstić information content (AvgIpc) is 3.49. The maximum absolute atomic E-state index is 13.9. The summed E-state index contributed by atoms with van der Waals surface area (Å²) in [6, 6.07) is 9.16. The predicted molar refractivity (Wildman–Crippen MR) is 130 cm³/mol. The van der Waals surface area contributed by atoms with E-state index >= 15 is 0 Å².